The third-order valence-corrected chi connectivity index (χ3v) is 3.28. The van der Waals surface area contributed by atoms with Crippen LogP contribution in [0.5, 0.6) is 0 Å². The Balaban J connectivity index is 1.85. The highest BCUT2D eigenvalue weighted by molar-refractivity contribution is 5.93. The molecule has 0 saturated carbocycles. The SMILES string of the molecule is CN(CCc1ccccn1)Cc1ccc(C(=O)NN)cc1. The number of carbonyl (C=O) groups excluding carboxylic acids is 1. The van der Waals surface area contributed by atoms with E-state index in [1.54, 1.807) is 12.1 Å². The van der Waals surface area contributed by atoms with Gasteiger partial charge < -0.3 is 4.90 Å². The normalized spacial score (nSPS) is 10.6. The number of benzene rings is 1. The summed E-state index contributed by atoms with van der Waals surface area (Å²) < 4.78 is 0. The Morgan fingerprint density at radius 2 is 2.00 bits per heavy atom. The highest BCUT2D eigenvalue weighted by Gasteiger charge is 2.05. The highest BCUT2D eigenvalue weighted by atomic mass is 16.2. The van der Waals surface area contributed by atoms with Gasteiger partial charge in [-0.15, -0.1) is 0 Å². The minimum atomic E-state index is -0.273. The molecule has 0 aliphatic rings. The Morgan fingerprint density at radius 3 is 2.62 bits per heavy atom. The molecule has 1 amide bonds. The van der Waals surface area contributed by atoms with Crippen LogP contribution >= 0.6 is 0 Å². The number of aromatic nitrogens is 1. The molecular formula is C16H20N4O. The Labute approximate surface area is 124 Å². The molecule has 0 aliphatic carbocycles. The number of nitrogens with one attached hydrogen (secondary N) is 1. The van der Waals surface area contributed by atoms with Crippen molar-refractivity contribution < 1.29 is 4.79 Å². The van der Waals surface area contributed by atoms with Crippen LogP contribution in [0.25, 0.3) is 0 Å². The van der Waals surface area contributed by atoms with Gasteiger partial charge in [0.05, 0.1) is 0 Å². The second-order valence-electron chi connectivity index (χ2n) is 4.98. The third-order valence-electron chi connectivity index (χ3n) is 3.28. The van der Waals surface area contributed by atoms with Gasteiger partial charge in [-0.25, -0.2) is 5.84 Å². The van der Waals surface area contributed by atoms with E-state index in [9.17, 15) is 4.79 Å². The van der Waals surface area contributed by atoms with Crippen molar-refractivity contribution in [2.24, 2.45) is 5.84 Å². The van der Waals surface area contributed by atoms with Crippen LogP contribution in [0.3, 0.4) is 0 Å². The lowest BCUT2D eigenvalue weighted by atomic mass is 10.1. The van der Waals surface area contributed by atoms with E-state index in [0.29, 0.717) is 5.56 Å². The number of nitrogen functional groups attached to an aromatic ring is 1. The van der Waals surface area contributed by atoms with E-state index in [1.807, 2.05) is 36.5 Å². The van der Waals surface area contributed by atoms with Gasteiger partial charge in [0.1, 0.15) is 0 Å². The van der Waals surface area contributed by atoms with Crippen LogP contribution in [0.1, 0.15) is 21.6 Å². The first-order valence-electron chi connectivity index (χ1n) is 6.87. The second kappa shape index (κ2) is 7.52. The summed E-state index contributed by atoms with van der Waals surface area (Å²) in [4.78, 5) is 17.9. The fourth-order valence-electron chi connectivity index (χ4n) is 2.09. The Hall–Kier alpha value is -2.24. The molecule has 0 fully saturated rings. The van der Waals surface area contributed by atoms with Gasteiger partial charge in [-0.3, -0.25) is 15.2 Å². The number of pyridine rings is 1. The summed E-state index contributed by atoms with van der Waals surface area (Å²) in [5, 5.41) is 0. The predicted octanol–water partition coefficient (Wildman–Crippen LogP) is 1.36. The third kappa shape index (κ3) is 4.66. The number of likely N-dealkylation sites (N-methyl/N-ethyl adjacent to an activating group) is 1. The van der Waals surface area contributed by atoms with Crippen molar-refractivity contribution in [3.05, 3.63) is 65.5 Å². The van der Waals surface area contributed by atoms with Crippen LogP contribution in [-0.4, -0.2) is 29.4 Å². The number of hydrazine groups is 1. The lowest BCUT2D eigenvalue weighted by molar-refractivity contribution is 0.0953. The summed E-state index contributed by atoms with van der Waals surface area (Å²) in [5.41, 5.74) is 4.95. The molecule has 110 valence electrons. The quantitative estimate of drug-likeness (QED) is 0.477. The molecule has 1 aromatic carbocycles. The second-order valence-corrected chi connectivity index (χ2v) is 4.98. The maximum Gasteiger partial charge on any atom is 0.265 e. The van der Waals surface area contributed by atoms with Crippen LogP contribution in [0, 0.1) is 0 Å². The Bertz CT molecular complexity index is 569. The highest BCUT2D eigenvalue weighted by Crippen LogP contribution is 2.07. The summed E-state index contributed by atoms with van der Waals surface area (Å²) in [6.45, 7) is 1.76. The van der Waals surface area contributed by atoms with Crippen molar-refractivity contribution in [3.8, 4) is 0 Å². The molecule has 0 bridgehead atoms. The molecule has 0 unspecified atom stereocenters. The maximum absolute atomic E-state index is 11.4. The summed E-state index contributed by atoms with van der Waals surface area (Å²) >= 11 is 0. The van der Waals surface area contributed by atoms with E-state index < -0.39 is 0 Å². The number of rotatable bonds is 6. The molecule has 0 spiro atoms. The van der Waals surface area contributed by atoms with Gasteiger partial charge in [-0.2, -0.15) is 0 Å². The first-order chi connectivity index (χ1) is 10.2. The molecule has 5 heteroatoms. The average molecular weight is 284 g/mol. The zero-order valence-electron chi connectivity index (χ0n) is 12.1. The van der Waals surface area contributed by atoms with E-state index in [-0.39, 0.29) is 5.91 Å². The maximum atomic E-state index is 11.4. The fourth-order valence-corrected chi connectivity index (χ4v) is 2.09. The summed E-state index contributed by atoms with van der Waals surface area (Å²) in [6, 6.07) is 13.4. The van der Waals surface area contributed by atoms with Gasteiger partial charge in [0, 0.05) is 37.0 Å². The molecule has 1 heterocycles. The van der Waals surface area contributed by atoms with Gasteiger partial charge in [0.15, 0.2) is 0 Å². The molecule has 0 aliphatic heterocycles. The zero-order valence-corrected chi connectivity index (χ0v) is 12.1. The van der Waals surface area contributed by atoms with Crippen LogP contribution in [0.2, 0.25) is 0 Å². The van der Waals surface area contributed by atoms with E-state index in [1.165, 1.54) is 0 Å². The first-order valence-corrected chi connectivity index (χ1v) is 6.87. The largest absolute Gasteiger partial charge is 0.302 e. The number of amides is 1. The van der Waals surface area contributed by atoms with Gasteiger partial charge >= 0.3 is 0 Å². The number of hydrogen-bond acceptors (Lipinski definition) is 4. The monoisotopic (exact) mass is 284 g/mol. The van der Waals surface area contributed by atoms with Crippen LogP contribution < -0.4 is 11.3 Å². The molecule has 5 nitrogen and oxygen atoms in total. The van der Waals surface area contributed by atoms with E-state index in [0.717, 1.165) is 30.8 Å². The molecule has 3 N–H and O–H groups in total. The molecule has 2 aromatic rings. The van der Waals surface area contributed by atoms with E-state index >= 15 is 0 Å². The van der Waals surface area contributed by atoms with Gasteiger partial charge in [0.25, 0.3) is 5.91 Å². The summed E-state index contributed by atoms with van der Waals surface area (Å²) in [5.74, 6) is 4.83. The Morgan fingerprint density at radius 1 is 1.24 bits per heavy atom. The van der Waals surface area contributed by atoms with Gasteiger partial charge in [-0.05, 0) is 36.9 Å². The van der Waals surface area contributed by atoms with Crippen molar-refractivity contribution in [1.29, 1.82) is 0 Å². The summed E-state index contributed by atoms with van der Waals surface area (Å²) in [7, 11) is 2.07. The van der Waals surface area contributed by atoms with Crippen molar-refractivity contribution in [2.45, 2.75) is 13.0 Å². The minimum Gasteiger partial charge on any atom is -0.302 e. The van der Waals surface area contributed by atoms with Crippen LogP contribution in [-0.2, 0) is 13.0 Å². The van der Waals surface area contributed by atoms with Crippen molar-refractivity contribution in [1.82, 2.24) is 15.3 Å². The van der Waals surface area contributed by atoms with E-state index in [4.69, 9.17) is 5.84 Å². The fraction of sp³-hybridized carbons (Fsp3) is 0.250. The molecule has 1 aromatic heterocycles. The smallest absolute Gasteiger partial charge is 0.265 e. The lowest BCUT2D eigenvalue weighted by Gasteiger charge is -2.16. The molecule has 0 atom stereocenters. The van der Waals surface area contributed by atoms with E-state index in [2.05, 4.69) is 22.4 Å². The average Bonchev–Trinajstić information content (AvgIpc) is 2.54. The molecule has 21 heavy (non-hydrogen) atoms. The Kier molecular flexibility index (Phi) is 5.43. The van der Waals surface area contributed by atoms with Gasteiger partial charge in [-0.1, -0.05) is 18.2 Å². The molecular weight excluding hydrogens is 264 g/mol. The summed E-state index contributed by atoms with van der Waals surface area (Å²) in [6.07, 6.45) is 2.74. The first kappa shape index (κ1) is 15.2. The number of nitrogens with two attached hydrogens (primary N) is 1. The molecule has 0 radical (unpaired) electrons. The standard InChI is InChI=1S/C16H20N4O/c1-20(11-9-15-4-2-3-10-18-15)12-13-5-7-14(8-6-13)16(21)19-17/h2-8,10H,9,11-12,17H2,1H3,(H,19,21). The topological polar surface area (TPSA) is 71.2 Å². The number of nitrogens with zero attached hydrogens (tertiary/aromatic N) is 2. The van der Waals surface area contributed by atoms with Gasteiger partial charge in [0.2, 0.25) is 0 Å². The van der Waals surface area contributed by atoms with Crippen LogP contribution in [0.15, 0.2) is 48.7 Å². The number of hydrogen-bond donors (Lipinski definition) is 2. The van der Waals surface area contributed by atoms with Crippen molar-refractivity contribution >= 4 is 5.91 Å². The number of carbonyl (C=O) groups is 1. The minimum absolute atomic E-state index is 0.273. The van der Waals surface area contributed by atoms with Crippen molar-refractivity contribution in [3.63, 3.8) is 0 Å². The zero-order chi connectivity index (χ0) is 15.1. The van der Waals surface area contributed by atoms with Crippen LogP contribution in [0.4, 0.5) is 0 Å². The predicted molar refractivity (Wildman–Crippen MR) is 82.4 cm³/mol. The molecule has 0 saturated heterocycles. The lowest BCUT2D eigenvalue weighted by Crippen LogP contribution is -2.29. The van der Waals surface area contributed by atoms with Crippen molar-refractivity contribution in [2.75, 3.05) is 13.6 Å². The molecule has 2 rings (SSSR count).